The summed E-state index contributed by atoms with van der Waals surface area (Å²) in [5.41, 5.74) is 1.99. The molecule has 0 bridgehead atoms. The van der Waals surface area contributed by atoms with Gasteiger partial charge in [0.1, 0.15) is 11.5 Å². The van der Waals surface area contributed by atoms with Crippen LogP contribution in [0.2, 0.25) is 0 Å². The SMILES string of the molecule is CCOC(=O)/C=C/c1c(C(C)CCCC#N)oc(C)c1C. The summed E-state index contributed by atoms with van der Waals surface area (Å²) in [7, 11) is 0. The van der Waals surface area contributed by atoms with E-state index in [-0.39, 0.29) is 11.9 Å². The number of unbranched alkanes of at least 4 members (excludes halogenated alkanes) is 1. The zero-order valence-corrected chi connectivity index (χ0v) is 13.2. The summed E-state index contributed by atoms with van der Waals surface area (Å²) in [5.74, 6) is 1.61. The molecule has 0 spiro atoms. The Hall–Kier alpha value is -2.02. The molecule has 1 unspecified atom stereocenters. The Kier molecular flexibility index (Phi) is 6.74. The third-order valence-corrected chi connectivity index (χ3v) is 3.51. The van der Waals surface area contributed by atoms with Gasteiger partial charge < -0.3 is 9.15 Å². The number of rotatable bonds is 7. The summed E-state index contributed by atoms with van der Waals surface area (Å²) in [5, 5.41) is 8.61. The number of nitrogens with zero attached hydrogens (tertiary/aromatic N) is 1. The zero-order valence-electron chi connectivity index (χ0n) is 13.2. The van der Waals surface area contributed by atoms with Gasteiger partial charge in [0.25, 0.3) is 0 Å². The molecule has 21 heavy (non-hydrogen) atoms. The lowest BCUT2D eigenvalue weighted by molar-refractivity contribution is -0.137. The molecule has 0 amide bonds. The summed E-state index contributed by atoms with van der Waals surface area (Å²) in [6, 6.07) is 2.15. The Labute approximate surface area is 126 Å². The minimum atomic E-state index is -0.348. The molecular weight excluding hydrogens is 266 g/mol. The molecule has 0 saturated heterocycles. The molecule has 0 aliphatic heterocycles. The molecule has 4 heteroatoms. The van der Waals surface area contributed by atoms with Crippen molar-refractivity contribution in [1.82, 2.24) is 0 Å². The Morgan fingerprint density at radius 3 is 2.81 bits per heavy atom. The molecule has 0 saturated carbocycles. The molecule has 1 rings (SSSR count). The fourth-order valence-corrected chi connectivity index (χ4v) is 2.20. The number of aryl methyl sites for hydroxylation is 1. The number of esters is 1. The predicted octanol–water partition coefficient (Wildman–Crippen LogP) is 4.27. The second-order valence-electron chi connectivity index (χ2n) is 5.10. The van der Waals surface area contributed by atoms with Crippen LogP contribution in [0.3, 0.4) is 0 Å². The fourth-order valence-electron chi connectivity index (χ4n) is 2.20. The molecule has 4 nitrogen and oxygen atoms in total. The van der Waals surface area contributed by atoms with E-state index in [1.165, 1.54) is 6.08 Å². The van der Waals surface area contributed by atoms with Gasteiger partial charge in [0.2, 0.25) is 0 Å². The van der Waals surface area contributed by atoms with Crippen molar-refractivity contribution in [3.63, 3.8) is 0 Å². The highest BCUT2D eigenvalue weighted by atomic mass is 16.5. The molecule has 1 aromatic rings. The van der Waals surface area contributed by atoms with Crippen LogP contribution in [0.25, 0.3) is 6.08 Å². The van der Waals surface area contributed by atoms with Crippen molar-refractivity contribution in [2.24, 2.45) is 0 Å². The fraction of sp³-hybridized carbons (Fsp3) is 0.529. The van der Waals surface area contributed by atoms with E-state index in [9.17, 15) is 4.79 Å². The van der Waals surface area contributed by atoms with Crippen LogP contribution in [0, 0.1) is 25.2 Å². The first-order chi connectivity index (χ1) is 10.0. The van der Waals surface area contributed by atoms with Gasteiger partial charge in [-0.25, -0.2) is 4.79 Å². The van der Waals surface area contributed by atoms with Gasteiger partial charge in [-0.05, 0) is 45.3 Å². The minimum absolute atomic E-state index is 0.215. The first kappa shape index (κ1) is 17.0. The number of hydrogen-bond donors (Lipinski definition) is 0. The van der Waals surface area contributed by atoms with E-state index >= 15 is 0 Å². The van der Waals surface area contributed by atoms with E-state index < -0.39 is 0 Å². The summed E-state index contributed by atoms with van der Waals surface area (Å²) in [4.78, 5) is 11.5. The van der Waals surface area contributed by atoms with Gasteiger partial charge in [-0.1, -0.05) is 6.92 Å². The Bertz CT molecular complexity index is 549. The number of nitriles is 1. The van der Waals surface area contributed by atoms with E-state index in [2.05, 4.69) is 13.0 Å². The van der Waals surface area contributed by atoms with E-state index in [0.29, 0.717) is 13.0 Å². The highest BCUT2D eigenvalue weighted by Gasteiger charge is 2.18. The average Bonchev–Trinajstić information content (AvgIpc) is 2.73. The molecule has 0 N–H and O–H groups in total. The van der Waals surface area contributed by atoms with Gasteiger partial charge in [0, 0.05) is 24.0 Å². The van der Waals surface area contributed by atoms with Crippen molar-refractivity contribution in [2.45, 2.75) is 52.9 Å². The van der Waals surface area contributed by atoms with Crippen LogP contribution in [-0.4, -0.2) is 12.6 Å². The van der Waals surface area contributed by atoms with Crippen LogP contribution < -0.4 is 0 Å². The monoisotopic (exact) mass is 289 g/mol. The van der Waals surface area contributed by atoms with Gasteiger partial charge in [0.15, 0.2) is 0 Å². The number of hydrogen-bond acceptors (Lipinski definition) is 4. The number of carbonyl (C=O) groups excluding carboxylic acids is 1. The summed E-state index contributed by atoms with van der Waals surface area (Å²) >= 11 is 0. The normalized spacial score (nSPS) is 12.3. The Morgan fingerprint density at radius 2 is 2.19 bits per heavy atom. The molecule has 0 aromatic carbocycles. The first-order valence-electron chi connectivity index (χ1n) is 7.32. The van der Waals surface area contributed by atoms with Crippen molar-refractivity contribution in [3.8, 4) is 6.07 Å². The van der Waals surface area contributed by atoms with Crippen molar-refractivity contribution < 1.29 is 13.9 Å². The van der Waals surface area contributed by atoms with Crippen molar-refractivity contribution in [3.05, 3.63) is 28.7 Å². The molecule has 0 aliphatic carbocycles. The molecule has 0 radical (unpaired) electrons. The third-order valence-electron chi connectivity index (χ3n) is 3.51. The van der Waals surface area contributed by atoms with Crippen molar-refractivity contribution in [1.29, 1.82) is 5.26 Å². The van der Waals surface area contributed by atoms with Crippen LogP contribution in [0.15, 0.2) is 10.5 Å². The molecular formula is C17H23NO3. The highest BCUT2D eigenvalue weighted by Crippen LogP contribution is 2.31. The predicted molar refractivity (Wildman–Crippen MR) is 81.7 cm³/mol. The number of furan rings is 1. The quantitative estimate of drug-likeness (QED) is 0.427. The van der Waals surface area contributed by atoms with E-state index in [1.807, 2.05) is 13.8 Å². The molecule has 0 fully saturated rings. The zero-order chi connectivity index (χ0) is 15.8. The van der Waals surface area contributed by atoms with Crippen LogP contribution in [0.5, 0.6) is 0 Å². The van der Waals surface area contributed by atoms with Crippen LogP contribution in [0.1, 0.15) is 61.7 Å². The highest BCUT2D eigenvalue weighted by molar-refractivity contribution is 5.87. The second-order valence-corrected chi connectivity index (χ2v) is 5.10. The second kappa shape index (κ2) is 8.31. The topological polar surface area (TPSA) is 63.2 Å². The summed E-state index contributed by atoms with van der Waals surface area (Å²) < 4.78 is 10.7. The largest absolute Gasteiger partial charge is 0.465 e. The number of ether oxygens (including phenoxy) is 1. The average molecular weight is 289 g/mol. The van der Waals surface area contributed by atoms with E-state index in [0.717, 1.165) is 35.5 Å². The van der Waals surface area contributed by atoms with Gasteiger partial charge in [-0.15, -0.1) is 0 Å². The lowest BCUT2D eigenvalue weighted by atomic mass is 9.96. The standard InChI is InChI=1S/C17H23NO3/c1-5-20-16(19)10-9-15-13(3)14(4)21-17(15)12(2)8-6-7-11-18/h9-10,12H,5-8H2,1-4H3/b10-9+. The maximum atomic E-state index is 11.5. The summed E-state index contributed by atoms with van der Waals surface area (Å²) in [6.45, 7) is 8.13. The van der Waals surface area contributed by atoms with Gasteiger partial charge in [-0.2, -0.15) is 5.26 Å². The lowest BCUT2D eigenvalue weighted by Crippen LogP contribution is -1.99. The maximum Gasteiger partial charge on any atom is 0.330 e. The smallest absolute Gasteiger partial charge is 0.330 e. The van der Waals surface area contributed by atoms with Crippen LogP contribution in [0.4, 0.5) is 0 Å². The van der Waals surface area contributed by atoms with Gasteiger partial charge in [-0.3, -0.25) is 0 Å². The van der Waals surface area contributed by atoms with Gasteiger partial charge >= 0.3 is 5.97 Å². The molecule has 1 aromatic heterocycles. The molecule has 1 heterocycles. The van der Waals surface area contributed by atoms with Crippen LogP contribution >= 0.6 is 0 Å². The third kappa shape index (κ3) is 4.78. The number of carbonyl (C=O) groups is 1. The van der Waals surface area contributed by atoms with E-state index in [1.54, 1.807) is 13.0 Å². The van der Waals surface area contributed by atoms with Crippen molar-refractivity contribution in [2.75, 3.05) is 6.61 Å². The lowest BCUT2D eigenvalue weighted by Gasteiger charge is -2.08. The molecule has 114 valence electrons. The Balaban J connectivity index is 2.92. The molecule has 0 aliphatic rings. The first-order valence-corrected chi connectivity index (χ1v) is 7.32. The molecule has 1 atom stereocenters. The Morgan fingerprint density at radius 1 is 1.48 bits per heavy atom. The maximum absolute atomic E-state index is 11.5. The van der Waals surface area contributed by atoms with Crippen molar-refractivity contribution >= 4 is 12.0 Å². The van der Waals surface area contributed by atoms with Gasteiger partial charge in [0.05, 0.1) is 12.7 Å². The minimum Gasteiger partial charge on any atom is -0.465 e. The van der Waals surface area contributed by atoms with E-state index in [4.69, 9.17) is 14.4 Å². The summed E-state index contributed by atoms with van der Waals surface area (Å²) in [6.07, 6.45) is 5.49. The van der Waals surface area contributed by atoms with Crippen LogP contribution in [-0.2, 0) is 9.53 Å².